The summed E-state index contributed by atoms with van der Waals surface area (Å²) in [4.78, 5) is 22.9. The molecule has 0 bridgehead atoms. The fourth-order valence-corrected chi connectivity index (χ4v) is 3.45. The van der Waals surface area contributed by atoms with Gasteiger partial charge >= 0.3 is 5.97 Å². The summed E-state index contributed by atoms with van der Waals surface area (Å²) in [5.74, 6) is 0.207. The lowest BCUT2D eigenvalue weighted by Gasteiger charge is -2.24. The third-order valence-corrected chi connectivity index (χ3v) is 4.87. The molecule has 25 heavy (non-hydrogen) atoms. The maximum absolute atomic E-state index is 13.2. The SMILES string of the molecule is O=C1CC(CSc2nc(-c3ccc(F)cc3)c(-c3ccncc3)[nH]2)O1. The molecule has 1 N–H and O–H groups in total. The van der Waals surface area contributed by atoms with Gasteiger partial charge in [-0.05, 0) is 36.4 Å². The summed E-state index contributed by atoms with van der Waals surface area (Å²) in [6.45, 7) is 0. The number of hydrogen-bond donors (Lipinski definition) is 1. The molecule has 7 heteroatoms. The Kier molecular flexibility index (Phi) is 4.23. The van der Waals surface area contributed by atoms with Crippen molar-refractivity contribution in [2.75, 3.05) is 5.75 Å². The zero-order chi connectivity index (χ0) is 17.2. The van der Waals surface area contributed by atoms with Crippen molar-refractivity contribution in [3.63, 3.8) is 0 Å². The van der Waals surface area contributed by atoms with Crippen molar-refractivity contribution in [1.29, 1.82) is 0 Å². The number of cyclic esters (lactones) is 1. The number of aromatic amines is 1. The maximum Gasteiger partial charge on any atom is 0.309 e. The van der Waals surface area contributed by atoms with Crippen LogP contribution in [0.4, 0.5) is 4.39 Å². The Morgan fingerprint density at radius 2 is 1.88 bits per heavy atom. The van der Waals surface area contributed by atoms with Gasteiger partial charge in [-0.25, -0.2) is 9.37 Å². The zero-order valence-corrected chi connectivity index (χ0v) is 13.9. The van der Waals surface area contributed by atoms with Crippen LogP contribution in [0.3, 0.4) is 0 Å². The number of ether oxygens (including phenoxy) is 1. The number of aromatic nitrogens is 3. The average Bonchev–Trinajstić information content (AvgIpc) is 3.03. The van der Waals surface area contributed by atoms with Crippen LogP contribution in [0.5, 0.6) is 0 Å². The molecule has 1 saturated heterocycles. The molecule has 5 nitrogen and oxygen atoms in total. The number of nitrogens with one attached hydrogen (secondary N) is 1. The Bertz CT molecular complexity index is 888. The van der Waals surface area contributed by atoms with E-state index < -0.39 is 0 Å². The zero-order valence-electron chi connectivity index (χ0n) is 13.1. The van der Waals surface area contributed by atoms with Gasteiger partial charge in [0.15, 0.2) is 5.16 Å². The van der Waals surface area contributed by atoms with Crippen molar-refractivity contribution in [3.05, 3.63) is 54.6 Å². The quantitative estimate of drug-likeness (QED) is 0.558. The number of pyridine rings is 1. The molecule has 1 unspecified atom stereocenters. The largest absolute Gasteiger partial charge is 0.461 e. The van der Waals surface area contributed by atoms with Crippen LogP contribution in [0.2, 0.25) is 0 Å². The van der Waals surface area contributed by atoms with E-state index in [2.05, 4.69) is 15.0 Å². The highest BCUT2D eigenvalue weighted by atomic mass is 32.2. The molecule has 1 fully saturated rings. The smallest absolute Gasteiger partial charge is 0.309 e. The van der Waals surface area contributed by atoms with Gasteiger partial charge in [-0.15, -0.1) is 0 Å². The number of esters is 1. The summed E-state index contributed by atoms with van der Waals surface area (Å²) in [5.41, 5.74) is 3.37. The van der Waals surface area contributed by atoms with Crippen molar-refractivity contribution in [2.45, 2.75) is 17.7 Å². The Morgan fingerprint density at radius 1 is 1.16 bits per heavy atom. The van der Waals surface area contributed by atoms with E-state index in [1.165, 1.54) is 23.9 Å². The number of nitrogens with zero attached hydrogens (tertiary/aromatic N) is 2. The monoisotopic (exact) mass is 355 g/mol. The number of thioether (sulfide) groups is 1. The summed E-state index contributed by atoms with van der Waals surface area (Å²) in [5, 5.41) is 0.731. The molecule has 0 amide bonds. The van der Waals surface area contributed by atoms with Gasteiger partial charge in [-0.3, -0.25) is 9.78 Å². The van der Waals surface area contributed by atoms with E-state index in [4.69, 9.17) is 4.74 Å². The molecule has 0 saturated carbocycles. The third-order valence-electron chi connectivity index (χ3n) is 3.87. The lowest BCUT2D eigenvalue weighted by Crippen LogP contribution is -2.34. The van der Waals surface area contributed by atoms with Gasteiger partial charge in [0.25, 0.3) is 0 Å². The second kappa shape index (κ2) is 6.68. The van der Waals surface area contributed by atoms with E-state index in [0.29, 0.717) is 12.2 Å². The van der Waals surface area contributed by atoms with E-state index in [9.17, 15) is 9.18 Å². The highest BCUT2D eigenvalue weighted by Crippen LogP contribution is 2.33. The van der Waals surface area contributed by atoms with Gasteiger partial charge in [0, 0.05) is 29.3 Å². The second-order valence-corrected chi connectivity index (χ2v) is 6.64. The number of hydrogen-bond acceptors (Lipinski definition) is 5. The molecular weight excluding hydrogens is 341 g/mol. The minimum Gasteiger partial charge on any atom is -0.461 e. The summed E-state index contributed by atoms with van der Waals surface area (Å²) < 4.78 is 18.3. The van der Waals surface area contributed by atoms with Crippen LogP contribution in [0, 0.1) is 5.82 Å². The molecule has 4 rings (SSSR count). The highest BCUT2D eigenvalue weighted by molar-refractivity contribution is 7.99. The van der Waals surface area contributed by atoms with Crippen molar-refractivity contribution >= 4 is 17.7 Å². The summed E-state index contributed by atoms with van der Waals surface area (Å²) in [6, 6.07) is 10.0. The first-order valence-corrected chi connectivity index (χ1v) is 8.76. The maximum atomic E-state index is 13.2. The van der Waals surface area contributed by atoms with E-state index in [0.717, 1.165) is 27.7 Å². The molecular formula is C18H14FN3O2S. The number of benzene rings is 1. The lowest BCUT2D eigenvalue weighted by molar-refractivity contribution is -0.166. The molecule has 126 valence electrons. The molecule has 0 aliphatic carbocycles. The standard InChI is InChI=1S/C18H14FN3O2S/c19-13-3-1-11(2-4-13)16-17(12-5-7-20-8-6-12)22-18(21-16)25-10-14-9-15(23)24-14/h1-8,14H,9-10H2,(H,21,22). The highest BCUT2D eigenvalue weighted by Gasteiger charge is 2.28. The minimum absolute atomic E-state index is 0.0544. The summed E-state index contributed by atoms with van der Waals surface area (Å²) in [6.07, 6.45) is 3.83. The fraction of sp³-hybridized carbons (Fsp3) is 0.167. The topological polar surface area (TPSA) is 67.9 Å². The van der Waals surface area contributed by atoms with Crippen molar-refractivity contribution in [2.24, 2.45) is 0 Å². The third kappa shape index (κ3) is 3.41. The van der Waals surface area contributed by atoms with Crippen molar-refractivity contribution in [1.82, 2.24) is 15.0 Å². The first-order valence-electron chi connectivity index (χ1n) is 7.77. The average molecular weight is 355 g/mol. The van der Waals surface area contributed by atoms with Crippen LogP contribution in [-0.2, 0) is 9.53 Å². The summed E-state index contributed by atoms with van der Waals surface area (Å²) in [7, 11) is 0. The molecule has 1 atom stereocenters. The first-order chi connectivity index (χ1) is 12.2. The van der Waals surface area contributed by atoms with E-state index in [1.54, 1.807) is 24.5 Å². The number of carbonyl (C=O) groups is 1. The second-order valence-electron chi connectivity index (χ2n) is 5.64. The Hall–Kier alpha value is -2.67. The predicted molar refractivity (Wildman–Crippen MR) is 92.4 cm³/mol. The van der Waals surface area contributed by atoms with Crippen LogP contribution in [0.1, 0.15) is 6.42 Å². The minimum atomic E-state index is -0.286. The number of H-pyrrole nitrogens is 1. The van der Waals surface area contributed by atoms with Crippen LogP contribution in [0.15, 0.2) is 53.9 Å². The molecule has 3 heterocycles. The molecule has 0 spiro atoms. The van der Waals surface area contributed by atoms with Crippen molar-refractivity contribution in [3.8, 4) is 22.5 Å². The lowest BCUT2D eigenvalue weighted by atomic mass is 10.1. The van der Waals surface area contributed by atoms with Crippen LogP contribution < -0.4 is 0 Å². The molecule has 0 radical (unpaired) electrons. The fourth-order valence-electron chi connectivity index (χ4n) is 2.59. The molecule has 1 aliphatic rings. The van der Waals surface area contributed by atoms with E-state index in [1.807, 2.05) is 12.1 Å². The van der Waals surface area contributed by atoms with E-state index in [-0.39, 0.29) is 17.9 Å². The summed E-state index contributed by atoms with van der Waals surface area (Å²) >= 11 is 1.50. The Balaban J connectivity index is 1.65. The van der Waals surface area contributed by atoms with Crippen LogP contribution in [-0.4, -0.2) is 32.8 Å². The van der Waals surface area contributed by atoms with Gasteiger partial charge in [-0.1, -0.05) is 11.8 Å². The Labute approximate surface area is 147 Å². The predicted octanol–water partition coefficient (Wildman–Crippen LogP) is 3.69. The van der Waals surface area contributed by atoms with Gasteiger partial charge in [-0.2, -0.15) is 0 Å². The molecule has 2 aromatic heterocycles. The van der Waals surface area contributed by atoms with Gasteiger partial charge in [0.2, 0.25) is 0 Å². The molecule has 1 aromatic carbocycles. The van der Waals surface area contributed by atoms with Crippen molar-refractivity contribution < 1.29 is 13.9 Å². The Morgan fingerprint density at radius 3 is 2.56 bits per heavy atom. The molecule has 1 aliphatic heterocycles. The number of imidazole rings is 1. The van der Waals surface area contributed by atoms with Gasteiger partial charge < -0.3 is 9.72 Å². The molecule has 3 aromatic rings. The van der Waals surface area contributed by atoms with E-state index >= 15 is 0 Å². The van der Waals surface area contributed by atoms with Crippen LogP contribution in [0.25, 0.3) is 22.5 Å². The number of carbonyl (C=O) groups excluding carboxylic acids is 1. The normalized spacial score (nSPS) is 16.4. The van der Waals surface area contributed by atoms with Gasteiger partial charge in [0.05, 0.1) is 17.8 Å². The number of halogens is 1. The first kappa shape index (κ1) is 15.8. The van der Waals surface area contributed by atoms with Gasteiger partial charge in [0.1, 0.15) is 11.9 Å². The van der Waals surface area contributed by atoms with Crippen LogP contribution >= 0.6 is 11.8 Å². The number of rotatable bonds is 5.